The van der Waals surface area contributed by atoms with Gasteiger partial charge in [-0.05, 0) is 37.6 Å². The van der Waals surface area contributed by atoms with E-state index >= 15 is 0 Å². The number of amides is 1. The first-order chi connectivity index (χ1) is 8.69. The number of carbonyl (C=O) groups excluding carboxylic acids is 1. The van der Waals surface area contributed by atoms with Gasteiger partial charge in [0, 0.05) is 12.6 Å². The molecule has 1 aromatic carbocycles. The lowest BCUT2D eigenvalue weighted by Gasteiger charge is -2.08. The van der Waals surface area contributed by atoms with Gasteiger partial charge < -0.3 is 15.4 Å². The van der Waals surface area contributed by atoms with Crippen LogP contribution in [0.2, 0.25) is 0 Å². The fourth-order valence-corrected chi connectivity index (χ4v) is 1.62. The van der Waals surface area contributed by atoms with E-state index in [2.05, 4.69) is 10.6 Å². The number of rotatable bonds is 6. The Labute approximate surface area is 106 Å². The van der Waals surface area contributed by atoms with Gasteiger partial charge >= 0.3 is 0 Å². The first kappa shape index (κ1) is 12.8. The lowest BCUT2D eigenvalue weighted by atomic mass is 10.2. The first-order valence-corrected chi connectivity index (χ1v) is 6.04. The second kappa shape index (κ2) is 5.82. The molecule has 5 heteroatoms. The fourth-order valence-electron chi connectivity index (χ4n) is 1.62. The second-order valence-corrected chi connectivity index (χ2v) is 4.43. The average Bonchev–Trinajstić information content (AvgIpc) is 3.12. The van der Waals surface area contributed by atoms with Crippen LogP contribution in [0.25, 0.3) is 0 Å². The Kier molecular flexibility index (Phi) is 4.15. The molecule has 4 nitrogen and oxygen atoms in total. The zero-order valence-corrected chi connectivity index (χ0v) is 10.3. The Hall–Kier alpha value is -1.62. The Morgan fingerprint density at radius 3 is 2.89 bits per heavy atom. The quantitative estimate of drug-likeness (QED) is 0.800. The molecule has 0 saturated heterocycles. The van der Waals surface area contributed by atoms with Gasteiger partial charge in [-0.1, -0.05) is 6.07 Å². The van der Waals surface area contributed by atoms with E-state index in [1.807, 2.05) is 0 Å². The molecule has 1 amide bonds. The Balaban J connectivity index is 1.86. The summed E-state index contributed by atoms with van der Waals surface area (Å²) in [5.41, 5.74) is 0.838. The van der Waals surface area contributed by atoms with E-state index in [9.17, 15) is 9.18 Å². The number of hydrogen-bond donors (Lipinski definition) is 2. The van der Waals surface area contributed by atoms with Gasteiger partial charge in [-0.15, -0.1) is 0 Å². The van der Waals surface area contributed by atoms with Crippen molar-refractivity contribution in [3.05, 3.63) is 29.6 Å². The lowest BCUT2D eigenvalue weighted by Crippen LogP contribution is -2.30. The number of ether oxygens (including phenoxy) is 1. The van der Waals surface area contributed by atoms with E-state index in [0.29, 0.717) is 12.6 Å². The zero-order valence-electron chi connectivity index (χ0n) is 10.3. The molecule has 1 saturated carbocycles. The molecular formula is C13H17FN2O2. The minimum absolute atomic E-state index is 0.112. The van der Waals surface area contributed by atoms with Crippen LogP contribution in [-0.2, 0) is 11.3 Å². The molecular weight excluding hydrogens is 235 g/mol. The minimum Gasteiger partial charge on any atom is -0.481 e. The Bertz CT molecular complexity index is 433. The molecule has 1 aromatic rings. The van der Waals surface area contributed by atoms with Crippen molar-refractivity contribution in [2.24, 2.45) is 0 Å². The van der Waals surface area contributed by atoms with Crippen molar-refractivity contribution in [1.82, 2.24) is 10.6 Å². The van der Waals surface area contributed by atoms with Crippen LogP contribution < -0.4 is 15.4 Å². The lowest BCUT2D eigenvalue weighted by molar-refractivity contribution is -0.123. The van der Waals surface area contributed by atoms with Crippen molar-refractivity contribution in [2.75, 3.05) is 13.7 Å². The molecule has 0 aliphatic heterocycles. The molecule has 0 radical (unpaired) electrons. The second-order valence-electron chi connectivity index (χ2n) is 4.43. The number of carbonyl (C=O) groups is 1. The van der Waals surface area contributed by atoms with Gasteiger partial charge in [0.05, 0.1) is 0 Å². The smallest absolute Gasteiger partial charge is 0.258 e. The van der Waals surface area contributed by atoms with Crippen LogP contribution >= 0.6 is 0 Å². The molecule has 1 aliphatic carbocycles. The predicted octanol–water partition coefficient (Wildman–Crippen LogP) is 1.20. The topological polar surface area (TPSA) is 50.4 Å². The van der Waals surface area contributed by atoms with Crippen molar-refractivity contribution in [1.29, 1.82) is 0 Å². The number of hydrogen-bond acceptors (Lipinski definition) is 3. The van der Waals surface area contributed by atoms with Gasteiger partial charge in [-0.25, -0.2) is 4.39 Å². The molecule has 0 bridgehead atoms. The van der Waals surface area contributed by atoms with Crippen LogP contribution in [0.15, 0.2) is 18.2 Å². The van der Waals surface area contributed by atoms with Crippen LogP contribution in [0, 0.1) is 5.82 Å². The number of benzene rings is 1. The molecule has 0 atom stereocenters. The fraction of sp³-hybridized carbons (Fsp3) is 0.462. The summed E-state index contributed by atoms with van der Waals surface area (Å²) < 4.78 is 18.8. The summed E-state index contributed by atoms with van der Waals surface area (Å²) in [5.74, 6) is -0.529. The first-order valence-electron chi connectivity index (χ1n) is 6.04. The molecule has 98 valence electrons. The average molecular weight is 252 g/mol. The summed E-state index contributed by atoms with van der Waals surface area (Å²) in [6.45, 7) is 0.457. The largest absolute Gasteiger partial charge is 0.481 e. The highest BCUT2D eigenvalue weighted by Crippen LogP contribution is 2.20. The third-order valence-corrected chi connectivity index (χ3v) is 2.68. The van der Waals surface area contributed by atoms with E-state index in [-0.39, 0.29) is 18.3 Å². The van der Waals surface area contributed by atoms with Crippen molar-refractivity contribution >= 4 is 5.91 Å². The summed E-state index contributed by atoms with van der Waals surface area (Å²) >= 11 is 0. The summed E-state index contributed by atoms with van der Waals surface area (Å²) in [6, 6.07) is 5.02. The highest BCUT2D eigenvalue weighted by Gasteiger charge is 2.23. The molecule has 0 heterocycles. The molecule has 0 unspecified atom stereocenters. The molecule has 0 spiro atoms. The van der Waals surface area contributed by atoms with Crippen LogP contribution in [-0.4, -0.2) is 25.6 Å². The zero-order chi connectivity index (χ0) is 13.0. The van der Waals surface area contributed by atoms with Crippen LogP contribution in [0.5, 0.6) is 5.75 Å². The van der Waals surface area contributed by atoms with E-state index in [4.69, 9.17) is 4.74 Å². The third-order valence-electron chi connectivity index (χ3n) is 2.68. The van der Waals surface area contributed by atoms with Gasteiger partial charge in [0.1, 0.15) is 0 Å². The predicted molar refractivity (Wildman–Crippen MR) is 65.8 cm³/mol. The summed E-state index contributed by atoms with van der Waals surface area (Å²) in [5, 5.41) is 5.72. The standard InChI is InChI=1S/C13H17FN2O2/c1-15-7-9-2-5-12(11(14)6-9)18-8-13(17)16-10-3-4-10/h2,5-6,10,15H,3-4,7-8H2,1H3,(H,16,17). The van der Waals surface area contributed by atoms with E-state index in [1.165, 1.54) is 6.07 Å². The maximum Gasteiger partial charge on any atom is 0.258 e. The van der Waals surface area contributed by atoms with Gasteiger partial charge in [0.15, 0.2) is 18.2 Å². The highest BCUT2D eigenvalue weighted by atomic mass is 19.1. The van der Waals surface area contributed by atoms with Gasteiger partial charge in [0.2, 0.25) is 0 Å². The van der Waals surface area contributed by atoms with E-state index in [1.54, 1.807) is 19.2 Å². The van der Waals surface area contributed by atoms with Crippen molar-refractivity contribution in [3.8, 4) is 5.75 Å². The van der Waals surface area contributed by atoms with Gasteiger partial charge in [-0.3, -0.25) is 4.79 Å². The molecule has 2 N–H and O–H groups in total. The van der Waals surface area contributed by atoms with Crippen LogP contribution in [0.3, 0.4) is 0 Å². The van der Waals surface area contributed by atoms with Crippen LogP contribution in [0.4, 0.5) is 4.39 Å². The van der Waals surface area contributed by atoms with Crippen molar-refractivity contribution < 1.29 is 13.9 Å². The summed E-state index contributed by atoms with van der Waals surface area (Å²) in [4.78, 5) is 11.4. The minimum atomic E-state index is -0.443. The van der Waals surface area contributed by atoms with Crippen molar-refractivity contribution in [3.63, 3.8) is 0 Å². The van der Waals surface area contributed by atoms with Gasteiger partial charge in [-0.2, -0.15) is 0 Å². The third kappa shape index (κ3) is 3.70. The monoisotopic (exact) mass is 252 g/mol. The Morgan fingerprint density at radius 2 is 2.28 bits per heavy atom. The van der Waals surface area contributed by atoms with Gasteiger partial charge in [0.25, 0.3) is 5.91 Å². The van der Waals surface area contributed by atoms with E-state index in [0.717, 1.165) is 18.4 Å². The van der Waals surface area contributed by atoms with Crippen molar-refractivity contribution in [2.45, 2.75) is 25.4 Å². The molecule has 18 heavy (non-hydrogen) atoms. The molecule has 0 aromatic heterocycles. The number of nitrogens with one attached hydrogen (secondary N) is 2. The molecule has 2 rings (SSSR count). The Morgan fingerprint density at radius 1 is 1.50 bits per heavy atom. The van der Waals surface area contributed by atoms with Crippen LogP contribution in [0.1, 0.15) is 18.4 Å². The normalized spacial score (nSPS) is 14.3. The molecule has 1 aliphatic rings. The maximum absolute atomic E-state index is 13.6. The summed E-state index contributed by atoms with van der Waals surface area (Å²) in [7, 11) is 1.80. The molecule has 1 fully saturated rings. The SMILES string of the molecule is CNCc1ccc(OCC(=O)NC2CC2)c(F)c1. The summed E-state index contributed by atoms with van der Waals surface area (Å²) in [6.07, 6.45) is 2.05. The number of halogens is 1. The maximum atomic E-state index is 13.6. The van der Waals surface area contributed by atoms with E-state index < -0.39 is 5.82 Å². The highest BCUT2D eigenvalue weighted by molar-refractivity contribution is 5.78.